The van der Waals surface area contributed by atoms with Crippen molar-refractivity contribution in [2.75, 3.05) is 0 Å². The van der Waals surface area contributed by atoms with E-state index in [0.29, 0.717) is 6.61 Å². The average molecular weight is 310 g/mol. The van der Waals surface area contributed by atoms with Crippen LogP contribution in [-0.4, -0.2) is 11.0 Å². The van der Waals surface area contributed by atoms with Crippen molar-refractivity contribution in [3.8, 4) is 5.75 Å². The van der Waals surface area contributed by atoms with Crippen LogP contribution >= 0.6 is 11.3 Å². The maximum Gasteiger partial charge on any atom is 0.140 e. The Morgan fingerprint density at radius 3 is 2.91 bits per heavy atom. The van der Waals surface area contributed by atoms with Gasteiger partial charge >= 0.3 is 0 Å². The molecule has 0 atom stereocenters. The van der Waals surface area contributed by atoms with E-state index < -0.39 is 0 Å². The van der Waals surface area contributed by atoms with Crippen LogP contribution in [0.15, 0.2) is 47.8 Å². The Labute approximate surface area is 134 Å². The molecule has 1 N–H and O–H groups in total. The second-order valence-corrected chi connectivity index (χ2v) is 6.60. The topological polar surface area (TPSA) is 34.1 Å². The van der Waals surface area contributed by atoms with Crippen molar-refractivity contribution in [2.45, 2.75) is 32.0 Å². The lowest BCUT2D eigenvalue weighted by molar-refractivity contribution is 0.309. The van der Waals surface area contributed by atoms with Crippen molar-refractivity contribution >= 4 is 22.1 Å². The van der Waals surface area contributed by atoms with Gasteiger partial charge in [0.1, 0.15) is 17.4 Å². The Morgan fingerprint density at radius 2 is 2.00 bits per heavy atom. The van der Waals surface area contributed by atoms with Crippen LogP contribution in [0.2, 0.25) is 0 Å². The Hall–Kier alpha value is -1.91. The molecule has 0 saturated heterocycles. The number of nitrogens with one attached hydrogen (secondary N) is 1. The van der Waals surface area contributed by atoms with E-state index in [4.69, 9.17) is 4.74 Å². The summed E-state index contributed by atoms with van der Waals surface area (Å²) >= 11 is 1.67. The first kappa shape index (κ1) is 13.7. The highest BCUT2D eigenvalue weighted by atomic mass is 32.1. The molecular formula is C18H18N2OS. The molecular weight excluding hydrogens is 292 g/mol. The van der Waals surface area contributed by atoms with Gasteiger partial charge in [-0.05, 0) is 24.3 Å². The zero-order valence-electron chi connectivity index (χ0n) is 12.3. The maximum atomic E-state index is 5.98. The van der Waals surface area contributed by atoms with Crippen molar-refractivity contribution in [1.82, 2.24) is 10.3 Å². The summed E-state index contributed by atoms with van der Waals surface area (Å²) in [5.41, 5.74) is 1.12. The second kappa shape index (κ2) is 6.07. The standard InChI is InChI=1S/C18H18N2OS/c1-2-6-16-13(4-1)5-3-7-17(16)21-11-18-20-15(12-22-18)10-19-14-8-9-14/h1-7,12,14,19H,8-11H2. The Kier molecular flexibility index (Phi) is 3.79. The van der Waals surface area contributed by atoms with Gasteiger partial charge in [-0.1, -0.05) is 36.4 Å². The fraction of sp³-hybridized carbons (Fsp3) is 0.278. The van der Waals surface area contributed by atoms with Gasteiger partial charge < -0.3 is 10.1 Å². The van der Waals surface area contributed by atoms with Crippen molar-refractivity contribution in [3.63, 3.8) is 0 Å². The summed E-state index contributed by atoms with van der Waals surface area (Å²) in [6, 6.07) is 15.2. The van der Waals surface area contributed by atoms with E-state index in [2.05, 4.69) is 33.9 Å². The minimum Gasteiger partial charge on any atom is -0.486 e. The smallest absolute Gasteiger partial charge is 0.140 e. The second-order valence-electron chi connectivity index (χ2n) is 5.65. The summed E-state index contributed by atoms with van der Waals surface area (Å²) in [4.78, 5) is 4.64. The van der Waals surface area contributed by atoms with Crippen LogP contribution in [-0.2, 0) is 13.2 Å². The molecule has 0 aliphatic heterocycles. The van der Waals surface area contributed by atoms with Crippen molar-refractivity contribution in [1.29, 1.82) is 0 Å². The highest BCUT2D eigenvalue weighted by Gasteiger charge is 2.20. The van der Waals surface area contributed by atoms with Gasteiger partial charge in [-0.25, -0.2) is 4.98 Å². The monoisotopic (exact) mass is 310 g/mol. The molecule has 1 aromatic heterocycles. The molecule has 1 aliphatic carbocycles. The van der Waals surface area contributed by atoms with E-state index in [9.17, 15) is 0 Å². The third-order valence-electron chi connectivity index (χ3n) is 3.85. The molecule has 4 rings (SSSR count). The molecule has 1 fully saturated rings. The van der Waals surface area contributed by atoms with Gasteiger partial charge in [-0.3, -0.25) is 0 Å². The Morgan fingerprint density at radius 1 is 1.14 bits per heavy atom. The number of hydrogen-bond acceptors (Lipinski definition) is 4. The minimum absolute atomic E-state index is 0.530. The predicted molar refractivity (Wildman–Crippen MR) is 90.3 cm³/mol. The Bertz CT molecular complexity index is 774. The molecule has 3 nitrogen and oxygen atoms in total. The lowest BCUT2D eigenvalue weighted by Crippen LogP contribution is -2.15. The predicted octanol–water partition coefficient (Wildman–Crippen LogP) is 4.13. The first-order valence-electron chi connectivity index (χ1n) is 7.66. The molecule has 0 amide bonds. The van der Waals surface area contributed by atoms with Crippen LogP contribution in [0.25, 0.3) is 10.8 Å². The van der Waals surface area contributed by atoms with Crippen LogP contribution in [0.5, 0.6) is 5.75 Å². The van der Waals surface area contributed by atoms with E-state index in [1.165, 1.54) is 18.2 Å². The number of fused-ring (bicyclic) bond motifs is 1. The van der Waals surface area contributed by atoms with E-state index >= 15 is 0 Å². The van der Waals surface area contributed by atoms with Crippen LogP contribution in [0.3, 0.4) is 0 Å². The molecule has 1 saturated carbocycles. The number of hydrogen-bond donors (Lipinski definition) is 1. The Balaban J connectivity index is 1.42. The molecule has 1 heterocycles. The third kappa shape index (κ3) is 3.13. The van der Waals surface area contributed by atoms with Gasteiger partial charge in [0.15, 0.2) is 0 Å². The largest absolute Gasteiger partial charge is 0.486 e. The van der Waals surface area contributed by atoms with E-state index in [1.54, 1.807) is 11.3 Å². The molecule has 2 aromatic carbocycles. The number of nitrogens with zero attached hydrogens (tertiary/aromatic N) is 1. The number of aromatic nitrogens is 1. The first-order chi connectivity index (χ1) is 10.9. The maximum absolute atomic E-state index is 5.98. The summed E-state index contributed by atoms with van der Waals surface area (Å²) in [6.45, 7) is 1.40. The van der Waals surface area contributed by atoms with Gasteiger partial charge in [0.05, 0.1) is 5.69 Å². The van der Waals surface area contributed by atoms with Gasteiger partial charge in [-0.2, -0.15) is 0 Å². The number of ether oxygens (including phenoxy) is 1. The van der Waals surface area contributed by atoms with Crippen LogP contribution in [0.4, 0.5) is 0 Å². The first-order valence-corrected chi connectivity index (χ1v) is 8.54. The summed E-state index contributed by atoms with van der Waals surface area (Å²) in [5.74, 6) is 0.922. The average Bonchev–Trinajstić information content (AvgIpc) is 3.29. The fourth-order valence-electron chi connectivity index (χ4n) is 2.49. The lowest BCUT2D eigenvalue weighted by Gasteiger charge is -2.07. The zero-order chi connectivity index (χ0) is 14.8. The summed E-state index contributed by atoms with van der Waals surface area (Å²) in [7, 11) is 0. The van der Waals surface area contributed by atoms with E-state index in [-0.39, 0.29) is 0 Å². The van der Waals surface area contributed by atoms with Crippen LogP contribution in [0, 0.1) is 0 Å². The number of thiazole rings is 1. The van der Waals surface area contributed by atoms with Gasteiger partial charge in [-0.15, -0.1) is 11.3 Å². The normalized spacial score (nSPS) is 14.4. The third-order valence-corrected chi connectivity index (χ3v) is 4.72. The molecule has 22 heavy (non-hydrogen) atoms. The quantitative estimate of drug-likeness (QED) is 0.743. The number of benzene rings is 2. The van der Waals surface area contributed by atoms with Gasteiger partial charge in [0.25, 0.3) is 0 Å². The summed E-state index contributed by atoms with van der Waals surface area (Å²) < 4.78 is 5.98. The van der Waals surface area contributed by atoms with Gasteiger partial charge in [0, 0.05) is 23.4 Å². The molecule has 0 radical (unpaired) electrons. The lowest BCUT2D eigenvalue weighted by atomic mass is 10.1. The molecule has 0 unspecified atom stereocenters. The molecule has 1 aliphatic rings. The SMILES string of the molecule is c1ccc2c(OCc3nc(CNC4CC4)cs3)cccc2c1. The highest BCUT2D eigenvalue weighted by Crippen LogP contribution is 2.26. The van der Waals surface area contributed by atoms with Crippen LogP contribution < -0.4 is 10.1 Å². The fourth-order valence-corrected chi connectivity index (χ4v) is 3.20. The summed E-state index contributed by atoms with van der Waals surface area (Å²) in [5, 5.41) is 8.99. The van der Waals surface area contributed by atoms with Gasteiger partial charge in [0.2, 0.25) is 0 Å². The van der Waals surface area contributed by atoms with Crippen molar-refractivity contribution < 1.29 is 4.74 Å². The molecule has 3 aromatic rings. The minimum atomic E-state index is 0.530. The number of rotatable bonds is 6. The zero-order valence-corrected chi connectivity index (χ0v) is 13.1. The molecule has 0 spiro atoms. The van der Waals surface area contributed by atoms with E-state index in [0.717, 1.165) is 34.4 Å². The summed E-state index contributed by atoms with van der Waals surface area (Å²) in [6.07, 6.45) is 2.61. The van der Waals surface area contributed by atoms with Crippen LogP contribution in [0.1, 0.15) is 23.5 Å². The molecule has 4 heteroatoms. The highest BCUT2D eigenvalue weighted by molar-refractivity contribution is 7.09. The van der Waals surface area contributed by atoms with Crippen molar-refractivity contribution in [3.05, 3.63) is 58.5 Å². The molecule has 0 bridgehead atoms. The molecule has 112 valence electrons. The van der Waals surface area contributed by atoms with E-state index in [1.807, 2.05) is 24.3 Å². The van der Waals surface area contributed by atoms with Crippen molar-refractivity contribution in [2.24, 2.45) is 0 Å².